The molecule has 0 saturated heterocycles. The van der Waals surface area contributed by atoms with Crippen molar-refractivity contribution < 1.29 is 14.3 Å². The van der Waals surface area contributed by atoms with Crippen LogP contribution in [0.5, 0.6) is 11.5 Å². The second-order valence-electron chi connectivity index (χ2n) is 6.49. The van der Waals surface area contributed by atoms with Gasteiger partial charge in [-0.2, -0.15) is 9.61 Å². The number of nitrogens with zero attached hydrogens (tertiary/aromatic N) is 4. The normalized spacial score (nSPS) is 10.8. The van der Waals surface area contributed by atoms with Gasteiger partial charge >= 0.3 is 0 Å². The Morgan fingerprint density at radius 3 is 2.45 bits per heavy atom. The number of ether oxygens (including phenoxy) is 2. The van der Waals surface area contributed by atoms with E-state index >= 15 is 0 Å². The molecule has 0 spiro atoms. The van der Waals surface area contributed by atoms with E-state index < -0.39 is 0 Å². The highest BCUT2D eigenvalue weighted by Gasteiger charge is 2.12. The van der Waals surface area contributed by atoms with E-state index in [1.807, 2.05) is 43.3 Å². The number of amides is 1. The number of hydrogen-bond donors (Lipinski definition) is 1. The van der Waals surface area contributed by atoms with Crippen molar-refractivity contribution in [3.63, 3.8) is 0 Å². The maximum atomic E-state index is 12.3. The number of hydrogen-bond acceptors (Lipinski definition) is 7. The molecular formula is C22H21N5O3S. The van der Waals surface area contributed by atoms with Crippen LogP contribution in [0.15, 0.2) is 65.8 Å². The maximum absolute atomic E-state index is 12.3. The van der Waals surface area contributed by atoms with Crippen molar-refractivity contribution in [2.45, 2.75) is 12.1 Å². The fraction of sp³-hybridized carbons (Fsp3) is 0.182. The molecular weight excluding hydrogens is 414 g/mol. The molecule has 0 atom stereocenters. The number of nitrogens with one attached hydrogen (secondary N) is 1. The van der Waals surface area contributed by atoms with Crippen LogP contribution in [0, 0.1) is 0 Å². The van der Waals surface area contributed by atoms with Crippen molar-refractivity contribution in [3.05, 3.63) is 60.7 Å². The summed E-state index contributed by atoms with van der Waals surface area (Å²) < 4.78 is 12.3. The Morgan fingerprint density at radius 1 is 1.00 bits per heavy atom. The first-order chi connectivity index (χ1) is 15.2. The molecule has 158 valence electrons. The number of carbonyl (C=O) groups is 1. The highest BCUT2D eigenvalue weighted by atomic mass is 32.2. The number of benzene rings is 2. The van der Waals surface area contributed by atoms with Gasteiger partial charge in [-0.05, 0) is 67.6 Å². The van der Waals surface area contributed by atoms with Crippen LogP contribution in [0.4, 0.5) is 5.69 Å². The molecule has 8 nitrogen and oxygen atoms in total. The minimum Gasteiger partial charge on any atom is -0.497 e. The van der Waals surface area contributed by atoms with Crippen molar-refractivity contribution in [1.82, 2.24) is 19.8 Å². The van der Waals surface area contributed by atoms with Crippen LogP contribution in [0.3, 0.4) is 0 Å². The van der Waals surface area contributed by atoms with E-state index in [9.17, 15) is 4.79 Å². The molecule has 9 heteroatoms. The summed E-state index contributed by atoms with van der Waals surface area (Å²) in [7, 11) is 1.60. The number of aromatic nitrogens is 4. The minimum atomic E-state index is -0.144. The molecule has 0 aliphatic heterocycles. The summed E-state index contributed by atoms with van der Waals surface area (Å²) in [5.41, 5.74) is 3.05. The third-order valence-corrected chi connectivity index (χ3v) is 5.32. The van der Waals surface area contributed by atoms with Gasteiger partial charge in [0.05, 0.1) is 25.2 Å². The van der Waals surface area contributed by atoms with Crippen molar-refractivity contribution in [3.8, 4) is 22.8 Å². The number of carbonyl (C=O) groups excluding carboxylic acids is 1. The van der Waals surface area contributed by atoms with Crippen molar-refractivity contribution in [1.29, 1.82) is 0 Å². The fourth-order valence-electron chi connectivity index (χ4n) is 2.90. The lowest BCUT2D eigenvalue weighted by Crippen LogP contribution is -2.14. The van der Waals surface area contributed by atoms with Crippen molar-refractivity contribution in [2.75, 3.05) is 24.8 Å². The van der Waals surface area contributed by atoms with Crippen molar-refractivity contribution >= 4 is 29.0 Å². The van der Waals surface area contributed by atoms with Gasteiger partial charge in [-0.25, -0.2) is 0 Å². The lowest BCUT2D eigenvalue weighted by molar-refractivity contribution is -0.113. The van der Waals surface area contributed by atoms with Crippen molar-refractivity contribution in [2.24, 2.45) is 0 Å². The zero-order valence-electron chi connectivity index (χ0n) is 17.1. The first-order valence-electron chi connectivity index (χ1n) is 9.68. The minimum absolute atomic E-state index is 0.144. The van der Waals surface area contributed by atoms with Gasteiger partial charge in [-0.15, -0.1) is 10.2 Å². The Labute approximate surface area is 183 Å². The molecule has 0 bridgehead atoms. The molecule has 1 N–H and O–H groups in total. The largest absolute Gasteiger partial charge is 0.497 e. The van der Waals surface area contributed by atoms with E-state index in [4.69, 9.17) is 9.47 Å². The number of methoxy groups -OCH3 is 1. The lowest BCUT2D eigenvalue weighted by Gasteiger charge is -2.06. The Morgan fingerprint density at radius 2 is 1.74 bits per heavy atom. The molecule has 4 aromatic rings. The Balaban J connectivity index is 1.45. The van der Waals surface area contributed by atoms with E-state index in [1.165, 1.54) is 11.8 Å². The van der Waals surface area contributed by atoms with Gasteiger partial charge in [0.25, 0.3) is 0 Å². The van der Waals surface area contributed by atoms with Crippen LogP contribution >= 0.6 is 11.8 Å². The molecule has 4 rings (SSSR count). The van der Waals surface area contributed by atoms with Gasteiger partial charge in [-0.3, -0.25) is 4.79 Å². The average Bonchev–Trinajstić information content (AvgIpc) is 3.21. The molecule has 0 unspecified atom stereocenters. The zero-order chi connectivity index (χ0) is 21.6. The summed E-state index contributed by atoms with van der Waals surface area (Å²) in [6.07, 6.45) is 0. The predicted octanol–water partition coefficient (Wildman–Crippen LogP) is 3.93. The predicted molar refractivity (Wildman–Crippen MR) is 120 cm³/mol. The van der Waals surface area contributed by atoms with E-state index in [0.29, 0.717) is 23.1 Å². The molecule has 0 radical (unpaired) electrons. The van der Waals surface area contributed by atoms with Crippen LogP contribution in [-0.4, -0.2) is 45.2 Å². The Hall–Kier alpha value is -3.59. The quantitative estimate of drug-likeness (QED) is 0.419. The van der Waals surface area contributed by atoms with E-state index in [1.54, 1.807) is 35.9 Å². The molecule has 0 aliphatic carbocycles. The summed E-state index contributed by atoms with van der Waals surface area (Å²) in [6, 6.07) is 18.7. The van der Waals surface area contributed by atoms with Crippen LogP contribution in [0.25, 0.3) is 16.9 Å². The third-order valence-electron chi connectivity index (χ3n) is 4.40. The van der Waals surface area contributed by atoms with Crippen LogP contribution in [0.2, 0.25) is 0 Å². The van der Waals surface area contributed by atoms with Gasteiger partial charge < -0.3 is 14.8 Å². The Bertz CT molecular complexity index is 1180. The molecule has 0 saturated carbocycles. The average molecular weight is 436 g/mol. The highest BCUT2D eigenvalue weighted by molar-refractivity contribution is 7.99. The summed E-state index contributed by atoms with van der Waals surface area (Å²) in [5, 5.41) is 16.4. The summed E-state index contributed by atoms with van der Waals surface area (Å²) >= 11 is 1.27. The van der Waals surface area contributed by atoms with E-state index in [-0.39, 0.29) is 11.7 Å². The SMILES string of the molecule is CCOc1ccc(-c2ccc3nnc(SCC(=O)Nc4ccc(OC)cc4)n3n2)cc1. The number of rotatable bonds is 8. The number of anilines is 1. The van der Waals surface area contributed by atoms with E-state index in [2.05, 4.69) is 20.6 Å². The van der Waals surface area contributed by atoms with Gasteiger partial charge in [0.2, 0.25) is 11.1 Å². The van der Waals surface area contributed by atoms with Crippen LogP contribution < -0.4 is 14.8 Å². The second kappa shape index (κ2) is 9.48. The number of fused-ring (bicyclic) bond motifs is 1. The number of thioether (sulfide) groups is 1. The maximum Gasteiger partial charge on any atom is 0.234 e. The molecule has 2 aromatic heterocycles. The monoisotopic (exact) mass is 435 g/mol. The lowest BCUT2D eigenvalue weighted by atomic mass is 10.1. The highest BCUT2D eigenvalue weighted by Crippen LogP contribution is 2.23. The first kappa shape index (κ1) is 20.7. The van der Waals surface area contributed by atoms with Gasteiger partial charge in [0, 0.05) is 11.3 Å². The van der Waals surface area contributed by atoms with Gasteiger partial charge in [-0.1, -0.05) is 11.8 Å². The molecule has 0 fully saturated rings. The molecule has 2 aromatic carbocycles. The smallest absolute Gasteiger partial charge is 0.234 e. The summed E-state index contributed by atoms with van der Waals surface area (Å²) in [4.78, 5) is 12.3. The van der Waals surface area contributed by atoms with Crippen LogP contribution in [0.1, 0.15) is 6.92 Å². The summed E-state index contributed by atoms with van der Waals surface area (Å²) in [5.74, 6) is 1.59. The summed E-state index contributed by atoms with van der Waals surface area (Å²) in [6.45, 7) is 2.57. The third kappa shape index (κ3) is 4.95. The standard InChI is InChI=1S/C22H21N5O3S/c1-3-30-18-8-4-15(5-9-18)19-12-13-20-24-25-22(27(20)26-19)31-14-21(28)23-16-6-10-17(29-2)11-7-16/h4-13H,3,14H2,1-2H3,(H,23,28). The molecule has 1 amide bonds. The molecule has 2 heterocycles. The van der Waals surface area contributed by atoms with E-state index in [0.717, 1.165) is 22.8 Å². The first-order valence-corrected chi connectivity index (χ1v) is 10.7. The van der Waals surface area contributed by atoms with Gasteiger partial charge in [0.1, 0.15) is 11.5 Å². The van der Waals surface area contributed by atoms with Gasteiger partial charge in [0.15, 0.2) is 5.65 Å². The topological polar surface area (TPSA) is 90.6 Å². The molecule has 0 aliphatic rings. The fourth-order valence-corrected chi connectivity index (χ4v) is 3.59. The van der Waals surface area contributed by atoms with Crippen LogP contribution in [-0.2, 0) is 4.79 Å². The second-order valence-corrected chi connectivity index (χ2v) is 7.44. The zero-order valence-corrected chi connectivity index (χ0v) is 17.9. The molecule has 31 heavy (non-hydrogen) atoms. The Kier molecular flexibility index (Phi) is 6.32.